The third kappa shape index (κ3) is 4.32. The molecule has 0 heterocycles. The van der Waals surface area contributed by atoms with Gasteiger partial charge in [-0.25, -0.2) is 0 Å². The van der Waals surface area contributed by atoms with Crippen LogP contribution >= 0.6 is 0 Å². The van der Waals surface area contributed by atoms with Gasteiger partial charge in [-0.15, -0.1) is 0 Å². The molecule has 0 saturated heterocycles. The van der Waals surface area contributed by atoms with Crippen LogP contribution in [0.15, 0.2) is 48.5 Å². The topological polar surface area (TPSA) is 47.6 Å². The van der Waals surface area contributed by atoms with E-state index in [2.05, 4.69) is 12.2 Å². The van der Waals surface area contributed by atoms with E-state index in [9.17, 15) is 4.79 Å². The normalized spacial score (nSPS) is 19.8. The van der Waals surface area contributed by atoms with Crippen LogP contribution in [-0.4, -0.2) is 13.0 Å². The third-order valence-electron chi connectivity index (χ3n) is 4.73. The second-order valence-corrected chi connectivity index (χ2v) is 6.73. The molecule has 1 amide bonds. The van der Waals surface area contributed by atoms with Gasteiger partial charge in [0.15, 0.2) is 11.5 Å². The number of benzene rings is 2. The summed E-state index contributed by atoms with van der Waals surface area (Å²) < 4.78 is 11.3. The molecular weight excluding hydrogens is 314 g/mol. The molecule has 3 rings (SSSR count). The molecule has 2 aromatic carbocycles. The zero-order valence-electron chi connectivity index (χ0n) is 15.0. The van der Waals surface area contributed by atoms with Gasteiger partial charge in [0.2, 0.25) is 5.91 Å². The Labute approximate surface area is 149 Å². The molecule has 1 aliphatic carbocycles. The van der Waals surface area contributed by atoms with Gasteiger partial charge in [0.05, 0.1) is 13.2 Å². The molecule has 4 nitrogen and oxygen atoms in total. The average Bonchev–Trinajstić information content (AvgIpc) is 3.37. The maximum atomic E-state index is 12.1. The minimum Gasteiger partial charge on any atom is -0.493 e. The summed E-state index contributed by atoms with van der Waals surface area (Å²) in [6, 6.07) is 15.8. The first-order valence-corrected chi connectivity index (χ1v) is 8.73. The third-order valence-corrected chi connectivity index (χ3v) is 4.73. The van der Waals surface area contributed by atoms with Crippen molar-refractivity contribution in [2.75, 3.05) is 7.11 Å². The van der Waals surface area contributed by atoms with E-state index in [0.29, 0.717) is 24.0 Å². The molecule has 0 spiro atoms. The largest absolute Gasteiger partial charge is 0.493 e. The minimum absolute atomic E-state index is 0.0580. The van der Waals surface area contributed by atoms with E-state index in [1.807, 2.05) is 55.5 Å². The number of methoxy groups -OCH3 is 1. The number of hydrogen-bond acceptors (Lipinski definition) is 3. The van der Waals surface area contributed by atoms with Crippen molar-refractivity contribution < 1.29 is 14.3 Å². The Bertz CT molecular complexity index is 729. The van der Waals surface area contributed by atoms with Gasteiger partial charge in [0.1, 0.15) is 6.61 Å². The van der Waals surface area contributed by atoms with Crippen LogP contribution in [0.4, 0.5) is 0 Å². The van der Waals surface area contributed by atoms with E-state index in [-0.39, 0.29) is 17.9 Å². The summed E-state index contributed by atoms with van der Waals surface area (Å²) in [6.45, 7) is 4.59. The Hall–Kier alpha value is -2.49. The average molecular weight is 339 g/mol. The summed E-state index contributed by atoms with van der Waals surface area (Å²) >= 11 is 0. The Morgan fingerprint density at radius 2 is 1.92 bits per heavy atom. The Kier molecular flexibility index (Phi) is 5.27. The van der Waals surface area contributed by atoms with E-state index in [4.69, 9.17) is 9.47 Å². The summed E-state index contributed by atoms with van der Waals surface area (Å²) in [5, 5.41) is 3.08. The predicted molar refractivity (Wildman–Crippen MR) is 97.6 cm³/mol. The standard InChI is InChI=1S/C21H25NO3/c1-14-11-18(14)21(23)22-15(2)17-9-10-19(20(12-17)24-3)25-13-16-7-5-4-6-8-16/h4-10,12,14-15,18H,11,13H2,1-3H3,(H,22,23)/t14-,15+,18-/m1/s1. The van der Waals surface area contributed by atoms with Crippen molar-refractivity contribution in [1.82, 2.24) is 5.32 Å². The fourth-order valence-electron chi connectivity index (χ4n) is 2.90. The number of ether oxygens (including phenoxy) is 2. The molecule has 0 unspecified atom stereocenters. The van der Waals surface area contributed by atoms with Gasteiger partial charge in [0.25, 0.3) is 0 Å². The van der Waals surface area contributed by atoms with Gasteiger partial charge in [-0.1, -0.05) is 43.3 Å². The smallest absolute Gasteiger partial charge is 0.223 e. The maximum absolute atomic E-state index is 12.1. The van der Waals surface area contributed by atoms with Crippen LogP contribution in [0.2, 0.25) is 0 Å². The highest BCUT2D eigenvalue weighted by Crippen LogP contribution is 2.38. The fourth-order valence-corrected chi connectivity index (χ4v) is 2.90. The molecule has 1 N–H and O–H groups in total. The van der Waals surface area contributed by atoms with Gasteiger partial charge in [-0.05, 0) is 42.5 Å². The van der Waals surface area contributed by atoms with Crippen molar-refractivity contribution in [2.45, 2.75) is 32.9 Å². The summed E-state index contributed by atoms with van der Waals surface area (Å²) in [5.74, 6) is 2.20. The van der Waals surface area contributed by atoms with Gasteiger partial charge in [-0.3, -0.25) is 4.79 Å². The van der Waals surface area contributed by atoms with Crippen molar-refractivity contribution in [2.24, 2.45) is 11.8 Å². The molecule has 1 fully saturated rings. The Morgan fingerprint density at radius 1 is 1.20 bits per heavy atom. The number of rotatable bonds is 7. The number of carbonyl (C=O) groups excluding carboxylic acids is 1. The van der Waals surface area contributed by atoms with Crippen molar-refractivity contribution in [3.63, 3.8) is 0 Å². The van der Waals surface area contributed by atoms with E-state index < -0.39 is 0 Å². The van der Waals surface area contributed by atoms with Crippen molar-refractivity contribution in [3.05, 3.63) is 59.7 Å². The first kappa shape index (κ1) is 17.3. The van der Waals surface area contributed by atoms with E-state index in [1.54, 1.807) is 7.11 Å². The summed E-state index contributed by atoms with van der Waals surface area (Å²) in [4.78, 5) is 12.1. The lowest BCUT2D eigenvalue weighted by Crippen LogP contribution is -2.28. The van der Waals surface area contributed by atoms with Gasteiger partial charge < -0.3 is 14.8 Å². The molecule has 4 heteroatoms. The molecule has 0 bridgehead atoms. The first-order chi connectivity index (χ1) is 12.1. The highest BCUT2D eigenvalue weighted by Gasteiger charge is 2.39. The molecule has 1 aliphatic rings. The highest BCUT2D eigenvalue weighted by molar-refractivity contribution is 5.81. The fraction of sp³-hybridized carbons (Fsp3) is 0.381. The van der Waals surface area contributed by atoms with Crippen LogP contribution in [0.1, 0.15) is 37.4 Å². The van der Waals surface area contributed by atoms with Crippen LogP contribution in [0, 0.1) is 11.8 Å². The Balaban J connectivity index is 1.65. The van der Waals surface area contributed by atoms with Crippen LogP contribution in [0.3, 0.4) is 0 Å². The van der Waals surface area contributed by atoms with Gasteiger partial charge in [0, 0.05) is 5.92 Å². The molecule has 2 aromatic rings. The van der Waals surface area contributed by atoms with Crippen LogP contribution in [0.5, 0.6) is 11.5 Å². The number of nitrogens with one attached hydrogen (secondary N) is 1. The molecule has 132 valence electrons. The van der Waals surface area contributed by atoms with Gasteiger partial charge >= 0.3 is 0 Å². The number of hydrogen-bond donors (Lipinski definition) is 1. The lowest BCUT2D eigenvalue weighted by Gasteiger charge is -2.17. The zero-order valence-corrected chi connectivity index (χ0v) is 15.0. The van der Waals surface area contributed by atoms with Gasteiger partial charge in [-0.2, -0.15) is 0 Å². The first-order valence-electron chi connectivity index (χ1n) is 8.73. The van der Waals surface area contributed by atoms with Crippen molar-refractivity contribution >= 4 is 5.91 Å². The summed E-state index contributed by atoms with van der Waals surface area (Å²) in [5.41, 5.74) is 2.11. The molecule has 0 aromatic heterocycles. The van der Waals surface area contributed by atoms with Crippen molar-refractivity contribution in [3.8, 4) is 11.5 Å². The second-order valence-electron chi connectivity index (χ2n) is 6.73. The summed E-state index contributed by atoms with van der Waals surface area (Å²) in [6.07, 6.45) is 0.994. The quantitative estimate of drug-likeness (QED) is 0.826. The molecule has 3 atom stereocenters. The monoisotopic (exact) mass is 339 g/mol. The predicted octanol–water partition coefficient (Wildman–Crippen LogP) is 4.11. The molecule has 25 heavy (non-hydrogen) atoms. The van der Waals surface area contributed by atoms with Crippen LogP contribution < -0.4 is 14.8 Å². The maximum Gasteiger partial charge on any atom is 0.223 e. The van der Waals surface area contributed by atoms with E-state index >= 15 is 0 Å². The molecular formula is C21H25NO3. The molecule has 1 saturated carbocycles. The Morgan fingerprint density at radius 3 is 2.56 bits per heavy atom. The lowest BCUT2D eigenvalue weighted by molar-refractivity contribution is -0.123. The van der Waals surface area contributed by atoms with Crippen LogP contribution in [-0.2, 0) is 11.4 Å². The van der Waals surface area contributed by atoms with E-state index in [1.165, 1.54) is 0 Å². The van der Waals surface area contributed by atoms with E-state index in [0.717, 1.165) is 17.5 Å². The number of carbonyl (C=O) groups is 1. The molecule has 0 radical (unpaired) electrons. The minimum atomic E-state index is -0.0580. The lowest BCUT2D eigenvalue weighted by atomic mass is 10.1. The SMILES string of the molecule is COc1cc([C@H](C)NC(=O)[C@@H]2C[C@H]2C)ccc1OCc1ccccc1. The zero-order chi connectivity index (χ0) is 17.8. The van der Waals surface area contributed by atoms with Crippen molar-refractivity contribution in [1.29, 1.82) is 0 Å². The molecule has 0 aliphatic heterocycles. The van der Waals surface area contributed by atoms with Crippen LogP contribution in [0.25, 0.3) is 0 Å². The highest BCUT2D eigenvalue weighted by atomic mass is 16.5. The number of amides is 1. The summed E-state index contributed by atoms with van der Waals surface area (Å²) in [7, 11) is 1.63. The second kappa shape index (κ2) is 7.60.